The van der Waals surface area contributed by atoms with Gasteiger partial charge >= 0.3 is 0 Å². The van der Waals surface area contributed by atoms with E-state index in [0.29, 0.717) is 11.6 Å². The fourth-order valence-electron chi connectivity index (χ4n) is 2.73. The minimum absolute atomic E-state index is 0.573. The molecule has 0 aromatic carbocycles. The molecule has 0 aliphatic heterocycles. The van der Waals surface area contributed by atoms with Gasteiger partial charge in [-0.05, 0) is 32.1 Å². The van der Waals surface area contributed by atoms with Gasteiger partial charge in [0.05, 0.1) is 22.2 Å². The number of hydrogen-bond donors (Lipinski definition) is 1. The van der Waals surface area contributed by atoms with E-state index >= 15 is 0 Å². The maximum atomic E-state index is 10.4. The van der Waals surface area contributed by atoms with Crippen LogP contribution in [-0.2, 0) is 0 Å². The number of hydrogen-bond acceptors (Lipinski definition) is 4. The lowest BCUT2D eigenvalue weighted by molar-refractivity contribution is 0.0608. The highest BCUT2D eigenvalue weighted by Gasteiger charge is 2.46. The van der Waals surface area contributed by atoms with E-state index in [1.54, 1.807) is 0 Å². The summed E-state index contributed by atoms with van der Waals surface area (Å²) in [6.07, 6.45) is 3.00. The van der Waals surface area contributed by atoms with Crippen molar-refractivity contribution in [1.82, 2.24) is 4.98 Å². The average molecular weight is 250 g/mol. The molecule has 92 valence electrons. The third kappa shape index (κ3) is 2.22. The van der Waals surface area contributed by atoms with Crippen molar-refractivity contribution in [3.05, 3.63) is 16.1 Å². The molecule has 3 unspecified atom stereocenters. The summed E-state index contributed by atoms with van der Waals surface area (Å²) in [6, 6.07) is 2.36. The number of aliphatic hydroxyl groups is 1. The topological polar surface area (TPSA) is 56.9 Å². The van der Waals surface area contributed by atoms with Crippen LogP contribution in [-0.4, -0.2) is 10.1 Å². The van der Waals surface area contributed by atoms with E-state index in [0.717, 1.165) is 30.7 Å². The van der Waals surface area contributed by atoms with Crippen LogP contribution in [0.3, 0.4) is 0 Å². The largest absolute Gasteiger partial charge is 0.385 e. The van der Waals surface area contributed by atoms with E-state index in [-0.39, 0.29) is 0 Å². The van der Waals surface area contributed by atoms with E-state index in [4.69, 9.17) is 0 Å². The normalized spacial score (nSPS) is 30.1. The van der Waals surface area contributed by atoms with Gasteiger partial charge in [0.15, 0.2) is 0 Å². The first-order chi connectivity index (χ1) is 8.11. The molecule has 2 rings (SSSR count). The molecule has 4 heteroatoms. The van der Waals surface area contributed by atoms with E-state index in [2.05, 4.69) is 18.0 Å². The van der Waals surface area contributed by atoms with Crippen LogP contribution in [0.4, 0.5) is 0 Å². The Morgan fingerprint density at radius 1 is 1.76 bits per heavy atom. The fourth-order valence-corrected chi connectivity index (χ4v) is 3.36. The molecule has 1 N–H and O–H groups in total. The maximum absolute atomic E-state index is 10.4. The summed E-state index contributed by atoms with van der Waals surface area (Å²) in [5.41, 5.74) is 0.0621. The lowest BCUT2D eigenvalue weighted by Crippen LogP contribution is -2.25. The smallest absolute Gasteiger partial charge is 0.115 e. The molecule has 1 fully saturated rings. The molecule has 1 saturated carbocycles. The molecule has 17 heavy (non-hydrogen) atoms. The molecule has 0 radical (unpaired) electrons. The molecule has 1 aromatic rings. The van der Waals surface area contributed by atoms with Gasteiger partial charge in [-0.2, -0.15) is 5.26 Å². The van der Waals surface area contributed by atoms with Gasteiger partial charge in [-0.15, -0.1) is 11.3 Å². The van der Waals surface area contributed by atoms with Crippen LogP contribution in [0.5, 0.6) is 0 Å². The summed E-state index contributed by atoms with van der Waals surface area (Å²) >= 11 is 1.53. The second kappa shape index (κ2) is 4.75. The van der Waals surface area contributed by atoms with Crippen LogP contribution in [0.2, 0.25) is 0 Å². The molecule has 0 bridgehead atoms. The number of nitriles is 1. The molecule has 1 heterocycles. The van der Waals surface area contributed by atoms with Gasteiger partial charge < -0.3 is 5.11 Å². The predicted molar refractivity (Wildman–Crippen MR) is 67.5 cm³/mol. The zero-order valence-corrected chi connectivity index (χ0v) is 11.1. The van der Waals surface area contributed by atoms with Crippen LogP contribution in [0.15, 0.2) is 5.38 Å². The van der Waals surface area contributed by atoms with E-state index in [1.165, 1.54) is 11.3 Å². The zero-order chi connectivity index (χ0) is 12.5. The Bertz CT molecular complexity index is 437. The molecule has 0 amide bonds. The van der Waals surface area contributed by atoms with Crippen LogP contribution in [0.25, 0.3) is 0 Å². The minimum atomic E-state index is -0.728. The first-order valence-electron chi connectivity index (χ1n) is 6.12. The van der Waals surface area contributed by atoms with Crippen LogP contribution in [0, 0.1) is 29.6 Å². The highest BCUT2D eigenvalue weighted by atomic mass is 32.1. The SMILES string of the molecule is CCC1CCC(C#N)(C(O)c2csc(C)n2)C1. The molecule has 1 aliphatic carbocycles. The Morgan fingerprint density at radius 2 is 2.53 bits per heavy atom. The number of aryl methyl sites for hydroxylation is 1. The van der Waals surface area contributed by atoms with Gasteiger partial charge in [0.1, 0.15) is 6.10 Å². The monoisotopic (exact) mass is 250 g/mol. The van der Waals surface area contributed by atoms with Crippen molar-refractivity contribution in [2.75, 3.05) is 0 Å². The predicted octanol–water partition coefficient (Wildman–Crippen LogP) is 3.21. The fraction of sp³-hybridized carbons (Fsp3) is 0.692. The summed E-state index contributed by atoms with van der Waals surface area (Å²) in [5.74, 6) is 0.573. The lowest BCUT2D eigenvalue weighted by Gasteiger charge is -2.26. The maximum Gasteiger partial charge on any atom is 0.115 e. The van der Waals surface area contributed by atoms with E-state index in [1.807, 2.05) is 12.3 Å². The Morgan fingerprint density at radius 3 is 3.00 bits per heavy atom. The summed E-state index contributed by atoms with van der Waals surface area (Å²) in [4.78, 5) is 4.32. The van der Waals surface area contributed by atoms with Gasteiger partial charge in [0.2, 0.25) is 0 Å². The van der Waals surface area contributed by atoms with Crippen molar-refractivity contribution in [2.24, 2.45) is 11.3 Å². The molecule has 0 spiro atoms. The van der Waals surface area contributed by atoms with Gasteiger partial charge in [-0.25, -0.2) is 4.98 Å². The van der Waals surface area contributed by atoms with E-state index < -0.39 is 11.5 Å². The molecule has 0 saturated heterocycles. The molecule has 3 nitrogen and oxygen atoms in total. The third-order valence-corrected chi connectivity index (χ3v) is 4.68. The molecule has 3 atom stereocenters. The molecule has 1 aliphatic rings. The van der Waals surface area contributed by atoms with Crippen molar-refractivity contribution < 1.29 is 5.11 Å². The summed E-state index contributed by atoms with van der Waals surface area (Å²) in [5, 5.41) is 22.7. The Balaban J connectivity index is 2.22. The van der Waals surface area contributed by atoms with Gasteiger partial charge in [-0.1, -0.05) is 13.3 Å². The lowest BCUT2D eigenvalue weighted by atomic mass is 9.79. The van der Waals surface area contributed by atoms with Crippen molar-refractivity contribution in [1.29, 1.82) is 5.26 Å². The highest BCUT2D eigenvalue weighted by Crippen LogP contribution is 2.50. The van der Waals surface area contributed by atoms with Crippen LogP contribution >= 0.6 is 11.3 Å². The van der Waals surface area contributed by atoms with E-state index in [9.17, 15) is 10.4 Å². The number of nitrogens with zero attached hydrogens (tertiary/aromatic N) is 2. The third-order valence-electron chi connectivity index (χ3n) is 3.89. The second-order valence-electron chi connectivity index (χ2n) is 4.98. The number of aromatic nitrogens is 1. The van der Waals surface area contributed by atoms with Gasteiger partial charge in [0.25, 0.3) is 0 Å². The summed E-state index contributed by atoms with van der Waals surface area (Å²) in [6.45, 7) is 4.07. The Hall–Kier alpha value is -0.920. The minimum Gasteiger partial charge on any atom is -0.385 e. The zero-order valence-electron chi connectivity index (χ0n) is 10.3. The first-order valence-corrected chi connectivity index (χ1v) is 7.00. The average Bonchev–Trinajstić information content (AvgIpc) is 2.95. The second-order valence-corrected chi connectivity index (χ2v) is 6.04. The van der Waals surface area contributed by atoms with Crippen molar-refractivity contribution in [2.45, 2.75) is 45.6 Å². The quantitative estimate of drug-likeness (QED) is 0.896. The number of aliphatic hydroxyl groups excluding tert-OH is 1. The standard InChI is InChI=1S/C13H18N2OS/c1-3-10-4-5-13(6-10,8-14)12(16)11-7-17-9(2)15-11/h7,10,12,16H,3-6H2,1-2H3. The molecule has 1 aromatic heterocycles. The summed E-state index contributed by atoms with van der Waals surface area (Å²) < 4.78 is 0. The van der Waals surface area contributed by atoms with Crippen molar-refractivity contribution >= 4 is 11.3 Å². The molecular formula is C13H18N2OS. The first kappa shape index (κ1) is 12.5. The van der Waals surface area contributed by atoms with Crippen LogP contribution in [0.1, 0.15) is 49.4 Å². The summed E-state index contributed by atoms with van der Waals surface area (Å²) in [7, 11) is 0. The Kier molecular flexibility index (Phi) is 3.50. The van der Waals surface area contributed by atoms with Gasteiger partial charge in [0, 0.05) is 5.38 Å². The Labute approximate surface area is 106 Å². The van der Waals surface area contributed by atoms with Crippen molar-refractivity contribution in [3.63, 3.8) is 0 Å². The number of rotatable bonds is 3. The van der Waals surface area contributed by atoms with Crippen LogP contribution < -0.4 is 0 Å². The highest BCUT2D eigenvalue weighted by molar-refractivity contribution is 7.09. The van der Waals surface area contributed by atoms with Gasteiger partial charge in [-0.3, -0.25) is 0 Å². The van der Waals surface area contributed by atoms with Crippen molar-refractivity contribution in [3.8, 4) is 6.07 Å². The number of thiazole rings is 1. The molecular weight excluding hydrogens is 232 g/mol.